The predicted octanol–water partition coefficient (Wildman–Crippen LogP) is 1.68. The number of hydrogen-bond acceptors (Lipinski definition) is 3. The van der Waals surface area contributed by atoms with Crippen LogP contribution in [-0.2, 0) is 4.74 Å². The van der Waals surface area contributed by atoms with Crippen LogP contribution in [0.25, 0.3) is 0 Å². The van der Waals surface area contributed by atoms with Gasteiger partial charge in [-0.05, 0) is 19.1 Å². The molecular weight excluding hydrogens is 270 g/mol. The number of hydrogen-bond donors (Lipinski definition) is 2. The van der Waals surface area contributed by atoms with E-state index in [1.165, 1.54) is 13.2 Å². The van der Waals surface area contributed by atoms with Gasteiger partial charge in [-0.3, -0.25) is 0 Å². The van der Waals surface area contributed by atoms with Gasteiger partial charge >= 0.3 is 6.03 Å². The molecule has 0 radical (unpaired) electrons. The number of carbonyl (C=O) groups is 1. The number of amides is 2. The largest absolute Gasteiger partial charge is 0.488 e. The summed E-state index contributed by atoms with van der Waals surface area (Å²) < 4.78 is 35.9. The first-order chi connectivity index (χ1) is 9.52. The van der Waals surface area contributed by atoms with Crippen LogP contribution in [0.3, 0.4) is 0 Å². The molecule has 0 unspecified atom stereocenters. The van der Waals surface area contributed by atoms with Gasteiger partial charge in [0.2, 0.25) is 0 Å². The standard InChI is InChI=1S/C13H18F2N2O3/c1-9(17-13(18)16-5-6-19-2)8-20-12-4-3-10(14)7-11(12)15/h3-4,7,9H,5-6,8H2,1-2H3,(H2,16,17,18)/t9-/m0/s1. The van der Waals surface area contributed by atoms with Crippen molar-refractivity contribution in [2.24, 2.45) is 0 Å². The molecule has 1 rings (SSSR count). The molecule has 2 amide bonds. The summed E-state index contributed by atoms with van der Waals surface area (Å²) in [6.07, 6.45) is 0. The minimum absolute atomic E-state index is 0.0557. The van der Waals surface area contributed by atoms with E-state index in [0.717, 1.165) is 12.1 Å². The Kier molecular flexibility index (Phi) is 6.72. The SMILES string of the molecule is COCCNC(=O)N[C@@H](C)COc1ccc(F)cc1F. The lowest BCUT2D eigenvalue weighted by Crippen LogP contribution is -2.44. The zero-order valence-electron chi connectivity index (χ0n) is 11.4. The molecule has 0 bridgehead atoms. The molecule has 0 aromatic heterocycles. The van der Waals surface area contributed by atoms with Crippen molar-refractivity contribution >= 4 is 6.03 Å². The van der Waals surface area contributed by atoms with Gasteiger partial charge in [0.25, 0.3) is 0 Å². The fourth-order valence-corrected chi connectivity index (χ4v) is 1.39. The monoisotopic (exact) mass is 288 g/mol. The first kappa shape index (κ1) is 16.2. The summed E-state index contributed by atoms with van der Waals surface area (Å²) in [5.41, 5.74) is 0. The summed E-state index contributed by atoms with van der Waals surface area (Å²) in [5.74, 6) is -1.50. The van der Waals surface area contributed by atoms with Crippen molar-refractivity contribution in [1.29, 1.82) is 0 Å². The molecule has 112 valence electrons. The quantitative estimate of drug-likeness (QED) is 0.750. The number of benzene rings is 1. The maximum atomic E-state index is 13.3. The summed E-state index contributed by atoms with van der Waals surface area (Å²) >= 11 is 0. The lowest BCUT2D eigenvalue weighted by atomic mass is 10.3. The van der Waals surface area contributed by atoms with Crippen LogP contribution in [-0.4, -0.2) is 38.9 Å². The second-order valence-electron chi connectivity index (χ2n) is 4.18. The van der Waals surface area contributed by atoms with Crippen molar-refractivity contribution in [3.63, 3.8) is 0 Å². The Balaban J connectivity index is 2.32. The van der Waals surface area contributed by atoms with Crippen LogP contribution in [0.4, 0.5) is 13.6 Å². The molecule has 0 heterocycles. The minimum Gasteiger partial charge on any atom is -0.488 e. The molecule has 2 N–H and O–H groups in total. The molecule has 0 saturated heterocycles. The lowest BCUT2D eigenvalue weighted by Gasteiger charge is -2.15. The smallest absolute Gasteiger partial charge is 0.315 e. The van der Waals surface area contributed by atoms with Crippen LogP contribution in [0.1, 0.15) is 6.92 Å². The average Bonchev–Trinajstić information content (AvgIpc) is 2.38. The van der Waals surface area contributed by atoms with E-state index in [-0.39, 0.29) is 24.4 Å². The Morgan fingerprint density at radius 1 is 1.40 bits per heavy atom. The van der Waals surface area contributed by atoms with Crippen LogP contribution < -0.4 is 15.4 Å². The summed E-state index contributed by atoms with van der Waals surface area (Å²) in [6, 6.07) is 2.36. The van der Waals surface area contributed by atoms with E-state index in [0.29, 0.717) is 13.2 Å². The fourth-order valence-electron chi connectivity index (χ4n) is 1.39. The number of halogens is 2. The van der Waals surface area contributed by atoms with Gasteiger partial charge in [-0.25, -0.2) is 13.6 Å². The third-order valence-electron chi connectivity index (χ3n) is 2.35. The Morgan fingerprint density at radius 3 is 2.80 bits per heavy atom. The number of rotatable bonds is 7. The van der Waals surface area contributed by atoms with Crippen molar-refractivity contribution in [2.75, 3.05) is 26.9 Å². The van der Waals surface area contributed by atoms with Gasteiger partial charge in [-0.15, -0.1) is 0 Å². The van der Waals surface area contributed by atoms with Gasteiger partial charge in [0.1, 0.15) is 12.4 Å². The topological polar surface area (TPSA) is 59.6 Å². The zero-order valence-corrected chi connectivity index (χ0v) is 11.4. The Bertz CT molecular complexity index is 444. The van der Waals surface area contributed by atoms with Crippen molar-refractivity contribution in [1.82, 2.24) is 10.6 Å². The molecule has 0 fully saturated rings. The molecule has 7 heteroatoms. The number of methoxy groups -OCH3 is 1. The van der Waals surface area contributed by atoms with Crippen LogP contribution >= 0.6 is 0 Å². The summed E-state index contributed by atoms with van der Waals surface area (Å²) in [4.78, 5) is 11.4. The Labute approximate surface area is 116 Å². The zero-order chi connectivity index (χ0) is 15.0. The van der Waals surface area contributed by atoms with E-state index in [1.54, 1.807) is 6.92 Å². The number of carbonyl (C=O) groups excluding carboxylic acids is 1. The van der Waals surface area contributed by atoms with Crippen molar-refractivity contribution in [3.05, 3.63) is 29.8 Å². The van der Waals surface area contributed by atoms with Crippen LogP contribution in [0.5, 0.6) is 5.75 Å². The molecule has 1 atom stereocenters. The highest BCUT2D eigenvalue weighted by Gasteiger charge is 2.10. The van der Waals surface area contributed by atoms with Gasteiger partial charge in [0.05, 0.1) is 12.6 Å². The number of urea groups is 1. The van der Waals surface area contributed by atoms with Crippen molar-refractivity contribution < 1.29 is 23.0 Å². The first-order valence-electron chi connectivity index (χ1n) is 6.14. The van der Waals surface area contributed by atoms with Gasteiger partial charge < -0.3 is 20.1 Å². The molecule has 0 aliphatic rings. The Hall–Kier alpha value is -1.89. The van der Waals surface area contributed by atoms with E-state index >= 15 is 0 Å². The van der Waals surface area contributed by atoms with Gasteiger partial charge in [0.15, 0.2) is 11.6 Å². The second kappa shape index (κ2) is 8.31. The summed E-state index contributed by atoms with van der Waals surface area (Å²) in [7, 11) is 1.54. The number of nitrogens with one attached hydrogen (secondary N) is 2. The Morgan fingerprint density at radius 2 is 2.15 bits per heavy atom. The van der Waals surface area contributed by atoms with Gasteiger partial charge in [-0.1, -0.05) is 0 Å². The molecule has 0 aliphatic carbocycles. The fraction of sp³-hybridized carbons (Fsp3) is 0.462. The van der Waals surface area contributed by atoms with Gasteiger partial charge in [0, 0.05) is 19.7 Å². The minimum atomic E-state index is -0.776. The van der Waals surface area contributed by atoms with Crippen LogP contribution in [0.2, 0.25) is 0 Å². The molecular formula is C13H18F2N2O3. The third-order valence-corrected chi connectivity index (χ3v) is 2.35. The molecule has 20 heavy (non-hydrogen) atoms. The molecule has 0 aliphatic heterocycles. The van der Waals surface area contributed by atoms with Crippen LogP contribution in [0, 0.1) is 11.6 Å². The van der Waals surface area contributed by atoms with E-state index in [2.05, 4.69) is 10.6 Å². The number of ether oxygens (including phenoxy) is 2. The third kappa shape index (κ3) is 5.83. The highest BCUT2D eigenvalue weighted by atomic mass is 19.1. The van der Waals surface area contributed by atoms with E-state index in [1.807, 2.05) is 0 Å². The second-order valence-corrected chi connectivity index (χ2v) is 4.18. The normalized spacial score (nSPS) is 11.8. The van der Waals surface area contributed by atoms with Gasteiger partial charge in [-0.2, -0.15) is 0 Å². The van der Waals surface area contributed by atoms with Crippen molar-refractivity contribution in [3.8, 4) is 5.75 Å². The molecule has 1 aromatic rings. The molecule has 1 aromatic carbocycles. The highest BCUT2D eigenvalue weighted by molar-refractivity contribution is 5.74. The maximum absolute atomic E-state index is 13.3. The molecule has 5 nitrogen and oxygen atoms in total. The van der Waals surface area contributed by atoms with Crippen LogP contribution in [0.15, 0.2) is 18.2 Å². The molecule has 0 spiro atoms. The van der Waals surface area contributed by atoms with Crippen molar-refractivity contribution in [2.45, 2.75) is 13.0 Å². The summed E-state index contributed by atoms with van der Waals surface area (Å²) in [5, 5.41) is 5.19. The predicted molar refractivity (Wildman–Crippen MR) is 69.7 cm³/mol. The molecule has 0 saturated carbocycles. The van der Waals surface area contributed by atoms with E-state index in [4.69, 9.17) is 9.47 Å². The summed E-state index contributed by atoms with van der Waals surface area (Å²) in [6.45, 7) is 2.58. The lowest BCUT2D eigenvalue weighted by molar-refractivity contribution is 0.193. The maximum Gasteiger partial charge on any atom is 0.315 e. The highest BCUT2D eigenvalue weighted by Crippen LogP contribution is 2.17. The van der Waals surface area contributed by atoms with E-state index in [9.17, 15) is 13.6 Å². The first-order valence-corrected chi connectivity index (χ1v) is 6.14. The van der Waals surface area contributed by atoms with E-state index < -0.39 is 11.6 Å². The average molecular weight is 288 g/mol.